The second-order valence-corrected chi connectivity index (χ2v) is 5.84. The van der Waals surface area contributed by atoms with E-state index in [1.165, 1.54) is 6.07 Å². The molecule has 1 heterocycles. The summed E-state index contributed by atoms with van der Waals surface area (Å²) in [6, 6.07) is 12.2. The van der Waals surface area contributed by atoms with Gasteiger partial charge in [-0.25, -0.2) is 9.37 Å². The van der Waals surface area contributed by atoms with E-state index in [1.54, 1.807) is 24.4 Å². The van der Waals surface area contributed by atoms with Gasteiger partial charge in [0.2, 0.25) is 0 Å². The van der Waals surface area contributed by atoms with Crippen molar-refractivity contribution in [1.82, 2.24) is 9.97 Å². The van der Waals surface area contributed by atoms with Crippen LogP contribution in [0.3, 0.4) is 0 Å². The van der Waals surface area contributed by atoms with Gasteiger partial charge in [-0.3, -0.25) is 4.98 Å². The van der Waals surface area contributed by atoms with E-state index in [4.69, 9.17) is 12.2 Å². The van der Waals surface area contributed by atoms with Crippen molar-refractivity contribution in [3.05, 3.63) is 62.7 Å². The Morgan fingerprint density at radius 2 is 1.90 bits per heavy atom. The van der Waals surface area contributed by atoms with E-state index in [0.717, 1.165) is 14.5 Å². The zero-order valence-corrected chi connectivity index (χ0v) is 13.2. The van der Waals surface area contributed by atoms with Gasteiger partial charge in [0.25, 0.3) is 0 Å². The summed E-state index contributed by atoms with van der Waals surface area (Å²) in [5.41, 5.74) is 1.52. The average Bonchev–Trinajstić information content (AvgIpc) is 2.58. The van der Waals surface area contributed by atoms with E-state index in [-0.39, 0.29) is 5.82 Å². The molecule has 0 atom stereocenters. The number of rotatable bonds is 1. The highest BCUT2D eigenvalue weighted by atomic mass is 127. The van der Waals surface area contributed by atoms with Crippen LogP contribution in [0.15, 0.2) is 48.7 Å². The quantitative estimate of drug-likeness (QED) is 0.439. The Morgan fingerprint density at radius 1 is 1.10 bits per heavy atom. The molecule has 0 aliphatic carbocycles. The Kier molecular flexibility index (Phi) is 3.71. The van der Waals surface area contributed by atoms with Crippen molar-refractivity contribution in [2.24, 2.45) is 0 Å². The predicted octanol–water partition coefficient (Wildman–Crippen LogP) is 4.77. The minimum absolute atomic E-state index is 0.298. The second kappa shape index (κ2) is 5.49. The number of aromatic nitrogens is 2. The van der Waals surface area contributed by atoms with Gasteiger partial charge in [-0.2, -0.15) is 0 Å². The van der Waals surface area contributed by atoms with Crippen LogP contribution in [0, 0.1) is 14.0 Å². The van der Waals surface area contributed by atoms with Crippen molar-refractivity contribution in [2.45, 2.75) is 0 Å². The third-order valence-electron chi connectivity index (χ3n) is 2.88. The van der Waals surface area contributed by atoms with Crippen LogP contribution in [0.1, 0.15) is 0 Å². The van der Waals surface area contributed by atoms with E-state index in [0.29, 0.717) is 15.9 Å². The Hall–Kier alpha value is -1.47. The van der Waals surface area contributed by atoms with Crippen molar-refractivity contribution in [3.63, 3.8) is 0 Å². The SMILES string of the molecule is Fc1ccccc1-c1ncc2cc(I)ccc2nc1=S. The lowest BCUT2D eigenvalue weighted by Gasteiger charge is -1.98. The summed E-state index contributed by atoms with van der Waals surface area (Å²) in [6.07, 6.45) is 1.68. The first-order valence-electron chi connectivity index (χ1n) is 5.87. The maximum absolute atomic E-state index is 13.9. The zero-order valence-electron chi connectivity index (χ0n) is 10.2. The molecular weight excluding hydrogens is 386 g/mol. The molecule has 0 unspecified atom stereocenters. The van der Waals surface area contributed by atoms with Gasteiger partial charge in [0, 0.05) is 20.7 Å². The molecule has 1 aromatic heterocycles. The van der Waals surface area contributed by atoms with E-state index in [1.807, 2.05) is 18.2 Å². The summed E-state index contributed by atoms with van der Waals surface area (Å²) in [5.74, 6) is -0.349. The van der Waals surface area contributed by atoms with Gasteiger partial charge in [-0.1, -0.05) is 24.4 Å². The number of nitrogens with zero attached hydrogens (tertiary/aromatic N) is 2. The van der Waals surface area contributed by atoms with Gasteiger partial charge in [-0.05, 0) is 52.9 Å². The fraction of sp³-hybridized carbons (Fsp3) is 0. The minimum Gasteiger partial charge on any atom is -0.252 e. The summed E-state index contributed by atoms with van der Waals surface area (Å²) < 4.78 is 15.3. The molecule has 0 saturated heterocycles. The summed E-state index contributed by atoms with van der Waals surface area (Å²) in [7, 11) is 0. The molecule has 0 saturated carbocycles. The summed E-state index contributed by atoms with van der Waals surface area (Å²) in [4.78, 5) is 8.71. The second-order valence-electron chi connectivity index (χ2n) is 4.21. The molecule has 0 bridgehead atoms. The Morgan fingerprint density at radius 3 is 2.70 bits per heavy atom. The molecule has 3 rings (SSSR count). The van der Waals surface area contributed by atoms with Crippen molar-refractivity contribution in [1.29, 1.82) is 0 Å². The molecule has 0 fully saturated rings. The maximum Gasteiger partial charge on any atom is 0.153 e. The largest absolute Gasteiger partial charge is 0.252 e. The van der Waals surface area contributed by atoms with Crippen LogP contribution >= 0.6 is 34.8 Å². The molecule has 0 aliphatic heterocycles. The molecular formula is C15H8FIN2S. The highest BCUT2D eigenvalue weighted by Gasteiger charge is 2.08. The first-order valence-corrected chi connectivity index (χ1v) is 7.35. The molecule has 5 heteroatoms. The molecule has 0 amide bonds. The van der Waals surface area contributed by atoms with Crippen molar-refractivity contribution < 1.29 is 4.39 Å². The fourth-order valence-electron chi connectivity index (χ4n) is 1.92. The zero-order chi connectivity index (χ0) is 14.1. The van der Waals surface area contributed by atoms with Gasteiger partial charge in [-0.15, -0.1) is 0 Å². The third-order valence-corrected chi connectivity index (χ3v) is 3.83. The number of fused-ring (bicyclic) bond motifs is 1. The molecule has 3 aromatic rings. The molecule has 20 heavy (non-hydrogen) atoms. The molecule has 98 valence electrons. The third kappa shape index (κ3) is 2.55. The average molecular weight is 394 g/mol. The van der Waals surface area contributed by atoms with Crippen molar-refractivity contribution in [3.8, 4) is 11.3 Å². The van der Waals surface area contributed by atoms with Crippen molar-refractivity contribution in [2.75, 3.05) is 0 Å². The lowest BCUT2D eigenvalue weighted by Crippen LogP contribution is -1.86. The highest BCUT2D eigenvalue weighted by Crippen LogP contribution is 2.22. The molecule has 0 radical (unpaired) electrons. The van der Waals surface area contributed by atoms with Crippen LogP contribution < -0.4 is 0 Å². The maximum atomic E-state index is 13.9. The summed E-state index contributed by atoms with van der Waals surface area (Å²) in [5, 5.41) is 0.880. The topological polar surface area (TPSA) is 25.8 Å². The van der Waals surface area contributed by atoms with Gasteiger partial charge in [0.05, 0.1) is 5.52 Å². The number of hydrogen-bond acceptors (Lipinski definition) is 3. The standard InChI is InChI=1S/C15H8FIN2S/c16-12-4-2-1-3-11(12)14-15(20)19-13-6-5-10(17)7-9(13)8-18-14/h1-8H. The normalized spacial score (nSPS) is 10.7. The van der Waals surface area contributed by atoms with Gasteiger partial charge in [0.1, 0.15) is 11.5 Å². The molecule has 2 aromatic carbocycles. The summed E-state index contributed by atoms with van der Waals surface area (Å²) in [6.45, 7) is 0. The molecule has 2 nitrogen and oxygen atoms in total. The summed E-state index contributed by atoms with van der Waals surface area (Å²) >= 11 is 7.50. The van der Waals surface area contributed by atoms with E-state index >= 15 is 0 Å². The van der Waals surface area contributed by atoms with Crippen LogP contribution in [0.25, 0.3) is 22.2 Å². The van der Waals surface area contributed by atoms with E-state index in [2.05, 4.69) is 32.6 Å². The molecule has 0 aliphatic rings. The first kappa shape index (κ1) is 13.5. The van der Waals surface area contributed by atoms with Crippen molar-refractivity contribution >= 4 is 45.7 Å². The number of hydrogen-bond donors (Lipinski definition) is 0. The minimum atomic E-state index is -0.349. The van der Waals surface area contributed by atoms with E-state index in [9.17, 15) is 4.39 Å². The van der Waals surface area contributed by atoms with Crippen LogP contribution in [0.4, 0.5) is 4.39 Å². The molecule has 0 spiro atoms. The van der Waals surface area contributed by atoms with Crippen LogP contribution in [0.2, 0.25) is 0 Å². The Balaban J connectivity index is 2.34. The highest BCUT2D eigenvalue weighted by molar-refractivity contribution is 14.1. The monoisotopic (exact) mass is 394 g/mol. The molecule has 0 N–H and O–H groups in total. The van der Waals surface area contributed by atoms with Gasteiger partial charge < -0.3 is 0 Å². The van der Waals surface area contributed by atoms with Crippen LogP contribution in [0.5, 0.6) is 0 Å². The Labute approximate surface area is 133 Å². The van der Waals surface area contributed by atoms with Gasteiger partial charge >= 0.3 is 0 Å². The smallest absolute Gasteiger partial charge is 0.153 e. The first-order chi connectivity index (χ1) is 9.65. The lowest BCUT2D eigenvalue weighted by atomic mass is 10.1. The fourth-order valence-corrected chi connectivity index (χ4v) is 2.70. The lowest BCUT2D eigenvalue weighted by molar-refractivity contribution is 0.630. The number of halogens is 2. The van der Waals surface area contributed by atoms with Crippen LogP contribution in [-0.2, 0) is 0 Å². The Bertz CT molecular complexity index is 867. The number of benzene rings is 2. The van der Waals surface area contributed by atoms with Gasteiger partial charge in [0.15, 0.2) is 4.64 Å². The predicted molar refractivity (Wildman–Crippen MR) is 88.5 cm³/mol. The van der Waals surface area contributed by atoms with E-state index < -0.39 is 0 Å². The van der Waals surface area contributed by atoms with Crippen LogP contribution in [-0.4, -0.2) is 9.97 Å².